The lowest BCUT2D eigenvalue weighted by Gasteiger charge is -2.22. The molecule has 6 heteroatoms. The highest BCUT2D eigenvalue weighted by atomic mass is 19.1. The van der Waals surface area contributed by atoms with E-state index in [1.54, 1.807) is 12.1 Å². The van der Waals surface area contributed by atoms with E-state index in [0.29, 0.717) is 17.5 Å². The van der Waals surface area contributed by atoms with Crippen molar-refractivity contribution in [2.75, 3.05) is 19.5 Å². The Morgan fingerprint density at radius 2 is 2.12 bits per heavy atom. The topological polar surface area (TPSA) is 51.1 Å². The van der Waals surface area contributed by atoms with Crippen LogP contribution in [0.15, 0.2) is 30.3 Å². The molecule has 0 aliphatic heterocycles. The largest absolute Gasteiger partial charge is 0.494 e. The quantitative estimate of drug-likeness (QED) is 0.752. The van der Waals surface area contributed by atoms with Crippen LogP contribution in [0.2, 0.25) is 0 Å². The third kappa shape index (κ3) is 2.80. The number of aromatic nitrogens is 2. The van der Waals surface area contributed by atoms with Crippen molar-refractivity contribution >= 4 is 22.5 Å². The van der Waals surface area contributed by atoms with Gasteiger partial charge in [-0.25, -0.2) is 9.37 Å². The average Bonchev–Trinajstić information content (AvgIpc) is 2.93. The van der Waals surface area contributed by atoms with Gasteiger partial charge in [0.15, 0.2) is 11.6 Å². The van der Waals surface area contributed by atoms with Crippen LogP contribution in [0.5, 0.6) is 5.75 Å². The molecule has 0 fully saturated rings. The third-order valence-electron chi connectivity index (χ3n) is 5.28. The predicted octanol–water partition coefficient (Wildman–Crippen LogP) is 3.54. The summed E-state index contributed by atoms with van der Waals surface area (Å²) in [5.74, 6) is 0.532. The zero-order valence-electron chi connectivity index (χ0n) is 15.3. The maximum Gasteiger partial charge on any atom is 0.167 e. The normalized spacial score (nSPS) is 16.5. The number of likely N-dealkylation sites (N-methyl/N-ethyl adjacent to an activating group) is 1. The second-order valence-corrected chi connectivity index (χ2v) is 6.75. The number of anilines is 2. The highest BCUT2D eigenvalue weighted by Crippen LogP contribution is 2.32. The van der Waals surface area contributed by atoms with Gasteiger partial charge in [0.05, 0.1) is 7.11 Å². The lowest BCUT2D eigenvalue weighted by Crippen LogP contribution is -2.31. The van der Waals surface area contributed by atoms with Crippen LogP contribution in [0.1, 0.15) is 17.7 Å². The first kappa shape index (κ1) is 16.8. The molecule has 0 spiro atoms. The molecule has 1 aliphatic carbocycles. The number of ether oxygens (including phenoxy) is 1. The van der Waals surface area contributed by atoms with E-state index in [1.807, 2.05) is 13.1 Å². The van der Waals surface area contributed by atoms with E-state index in [2.05, 4.69) is 28.3 Å². The van der Waals surface area contributed by atoms with Gasteiger partial charge >= 0.3 is 0 Å². The molecule has 3 aromatic rings. The number of pyridine rings is 1. The van der Waals surface area contributed by atoms with Crippen molar-refractivity contribution in [1.82, 2.24) is 14.9 Å². The lowest BCUT2D eigenvalue weighted by atomic mass is 9.92. The van der Waals surface area contributed by atoms with Gasteiger partial charge in [-0.3, -0.25) is 0 Å². The molecule has 136 valence electrons. The summed E-state index contributed by atoms with van der Waals surface area (Å²) in [4.78, 5) is 4.78. The van der Waals surface area contributed by atoms with Crippen molar-refractivity contribution in [1.29, 1.82) is 0 Å². The molecule has 2 N–H and O–H groups in total. The summed E-state index contributed by atoms with van der Waals surface area (Å²) in [7, 11) is 5.55. The number of nitrogens with one attached hydrogen (secondary N) is 2. The minimum Gasteiger partial charge on any atom is -0.494 e. The molecule has 26 heavy (non-hydrogen) atoms. The second kappa shape index (κ2) is 6.61. The molecule has 0 saturated heterocycles. The number of halogens is 1. The first-order chi connectivity index (χ1) is 12.6. The van der Waals surface area contributed by atoms with Crippen LogP contribution in [-0.4, -0.2) is 29.8 Å². The van der Waals surface area contributed by atoms with Crippen molar-refractivity contribution in [3.63, 3.8) is 0 Å². The minimum absolute atomic E-state index is 0.230. The number of methoxy groups -OCH3 is 1. The van der Waals surface area contributed by atoms with Gasteiger partial charge in [0.25, 0.3) is 0 Å². The van der Waals surface area contributed by atoms with Crippen LogP contribution < -0.4 is 15.4 Å². The van der Waals surface area contributed by atoms with Crippen LogP contribution in [0.25, 0.3) is 11.0 Å². The fourth-order valence-corrected chi connectivity index (χ4v) is 3.84. The number of aryl methyl sites for hydroxylation is 1. The Labute approximate surface area is 152 Å². The number of hydrogen-bond acceptors (Lipinski definition) is 4. The third-order valence-corrected chi connectivity index (χ3v) is 5.28. The molecular weight excluding hydrogens is 331 g/mol. The van der Waals surface area contributed by atoms with E-state index in [0.717, 1.165) is 24.9 Å². The van der Waals surface area contributed by atoms with Crippen LogP contribution in [0.4, 0.5) is 15.9 Å². The van der Waals surface area contributed by atoms with E-state index in [9.17, 15) is 4.39 Å². The van der Waals surface area contributed by atoms with Crippen molar-refractivity contribution in [2.24, 2.45) is 7.05 Å². The van der Waals surface area contributed by atoms with E-state index in [1.165, 1.54) is 29.8 Å². The summed E-state index contributed by atoms with van der Waals surface area (Å²) in [6.45, 7) is 0. The Bertz CT molecular complexity index is 966. The molecular formula is C20H23FN4O. The second-order valence-electron chi connectivity index (χ2n) is 6.75. The van der Waals surface area contributed by atoms with Crippen LogP contribution >= 0.6 is 0 Å². The SMILES string of the molecule is CNC1CCc2c(c3ccc(Nc4ccc(OC)c(F)c4)nc3n2C)C1. The highest BCUT2D eigenvalue weighted by molar-refractivity contribution is 5.84. The standard InChI is InChI=1S/C20H23FN4O/c1-22-12-4-7-17-15(10-12)14-6-9-19(24-20(14)25(17)2)23-13-5-8-18(26-3)16(21)11-13/h5-6,8-9,11-12,22H,4,7,10H2,1-3H3,(H,23,24). The Hall–Kier alpha value is -2.60. The van der Waals surface area contributed by atoms with E-state index in [-0.39, 0.29) is 5.75 Å². The molecule has 2 heterocycles. The van der Waals surface area contributed by atoms with Gasteiger partial charge in [-0.1, -0.05) is 0 Å². The van der Waals surface area contributed by atoms with Gasteiger partial charge < -0.3 is 19.9 Å². The Balaban J connectivity index is 1.68. The maximum atomic E-state index is 13.9. The zero-order chi connectivity index (χ0) is 18.3. The summed E-state index contributed by atoms with van der Waals surface area (Å²) in [5, 5.41) is 7.78. The molecule has 5 nitrogen and oxygen atoms in total. The van der Waals surface area contributed by atoms with Gasteiger partial charge in [-0.2, -0.15) is 0 Å². The average molecular weight is 354 g/mol. The van der Waals surface area contributed by atoms with E-state index >= 15 is 0 Å². The molecule has 4 rings (SSSR count). The molecule has 0 amide bonds. The summed E-state index contributed by atoms with van der Waals surface area (Å²) in [6, 6.07) is 9.39. The molecule has 0 bridgehead atoms. The number of rotatable bonds is 4. The van der Waals surface area contributed by atoms with Gasteiger partial charge in [0.1, 0.15) is 11.5 Å². The molecule has 1 aliphatic rings. The molecule has 1 aromatic carbocycles. The van der Waals surface area contributed by atoms with Crippen LogP contribution in [0, 0.1) is 5.82 Å². The summed E-state index contributed by atoms with van der Waals surface area (Å²) < 4.78 is 21.1. The Morgan fingerprint density at radius 3 is 2.85 bits per heavy atom. The lowest BCUT2D eigenvalue weighted by molar-refractivity contribution is 0.386. The van der Waals surface area contributed by atoms with Crippen molar-refractivity contribution in [3.05, 3.63) is 47.4 Å². The van der Waals surface area contributed by atoms with E-state index < -0.39 is 5.82 Å². The smallest absolute Gasteiger partial charge is 0.167 e. The molecule has 1 atom stereocenters. The molecule has 0 radical (unpaired) electrons. The number of nitrogens with zero attached hydrogens (tertiary/aromatic N) is 2. The summed E-state index contributed by atoms with van der Waals surface area (Å²) in [5.41, 5.74) is 4.37. The Kier molecular flexibility index (Phi) is 4.28. The monoisotopic (exact) mass is 354 g/mol. The highest BCUT2D eigenvalue weighted by Gasteiger charge is 2.24. The van der Waals surface area contributed by atoms with Crippen LogP contribution in [0.3, 0.4) is 0 Å². The fraction of sp³-hybridized carbons (Fsp3) is 0.350. The predicted molar refractivity (Wildman–Crippen MR) is 102 cm³/mol. The van der Waals surface area contributed by atoms with Crippen molar-refractivity contribution in [2.45, 2.75) is 25.3 Å². The summed E-state index contributed by atoms with van der Waals surface area (Å²) in [6.07, 6.45) is 3.23. The first-order valence-electron chi connectivity index (χ1n) is 8.85. The van der Waals surface area contributed by atoms with E-state index in [4.69, 9.17) is 9.72 Å². The molecule has 2 aromatic heterocycles. The molecule has 0 saturated carbocycles. The van der Waals surface area contributed by atoms with Gasteiger partial charge in [-0.05, 0) is 56.1 Å². The van der Waals surface area contributed by atoms with Crippen molar-refractivity contribution in [3.8, 4) is 5.75 Å². The minimum atomic E-state index is -0.397. The van der Waals surface area contributed by atoms with Crippen molar-refractivity contribution < 1.29 is 9.13 Å². The first-order valence-corrected chi connectivity index (χ1v) is 8.85. The van der Waals surface area contributed by atoms with Gasteiger partial charge in [0, 0.05) is 35.9 Å². The van der Waals surface area contributed by atoms with Crippen LogP contribution in [-0.2, 0) is 19.9 Å². The number of benzene rings is 1. The summed E-state index contributed by atoms with van der Waals surface area (Å²) >= 11 is 0. The number of hydrogen-bond donors (Lipinski definition) is 2. The maximum absolute atomic E-state index is 13.9. The number of fused-ring (bicyclic) bond motifs is 3. The Morgan fingerprint density at radius 1 is 1.27 bits per heavy atom. The fourth-order valence-electron chi connectivity index (χ4n) is 3.84. The van der Waals surface area contributed by atoms with Gasteiger partial charge in [0.2, 0.25) is 0 Å². The molecule has 1 unspecified atom stereocenters. The van der Waals surface area contributed by atoms with Gasteiger partial charge in [-0.15, -0.1) is 0 Å². The zero-order valence-corrected chi connectivity index (χ0v) is 15.3.